The number of unbranched alkanes of at least 4 members (excludes halogenated alkanes) is 1. The maximum atomic E-state index is 5.50. The molecule has 5 nitrogen and oxygen atoms in total. The predicted molar refractivity (Wildman–Crippen MR) is 102 cm³/mol. The van der Waals surface area contributed by atoms with Crippen LogP contribution < -0.4 is 5.32 Å². The first-order valence-electron chi connectivity index (χ1n) is 9.75. The molecule has 0 aromatic rings. The Kier molecular flexibility index (Phi) is 11.1. The van der Waals surface area contributed by atoms with Crippen molar-refractivity contribution in [2.75, 3.05) is 53.1 Å². The molecular formula is C19H39N3O2. The second-order valence-electron chi connectivity index (χ2n) is 7.13. The zero-order chi connectivity index (χ0) is 17.7. The van der Waals surface area contributed by atoms with Crippen LogP contribution in [0.5, 0.6) is 0 Å². The summed E-state index contributed by atoms with van der Waals surface area (Å²) < 4.78 is 10.5. The largest absolute Gasteiger partial charge is 0.382 e. The SMILES string of the molecule is CCCC1(C)CCCN(C(=NCCCCOCCOC)NCC)C1. The molecule has 0 spiro atoms. The summed E-state index contributed by atoms with van der Waals surface area (Å²) >= 11 is 0. The van der Waals surface area contributed by atoms with Gasteiger partial charge in [0, 0.05) is 39.9 Å². The summed E-state index contributed by atoms with van der Waals surface area (Å²) in [5.41, 5.74) is 0.443. The van der Waals surface area contributed by atoms with Gasteiger partial charge in [-0.05, 0) is 44.4 Å². The van der Waals surface area contributed by atoms with Crippen molar-refractivity contribution in [3.05, 3.63) is 0 Å². The van der Waals surface area contributed by atoms with Crippen molar-refractivity contribution in [2.45, 2.75) is 59.3 Å². The number of hydrogen-bond acceptors (Lipinski definition) is 3. The topological polar surface area (TPSA) is 46.1 Å². The molecular weight excluding hydrogens is 302 g/mol. The molecule has 1 fully saturated rings. The summed E-state index contributed by atoms with van der Waals surface area (Å²) in [6.07, 6.45) is 7.31. The Morgan fingerprint density at radius 2 is 2.04 bits per heavy atom. The van der Waals surface area contributed by atoms with E-state index in [0.29, 0.717) is 18.6 Å². The highest BCUT2D eigenvalue weighted by Gasteiger charge is 2.31. The summed E-state index contributed by atoms with van der Waals surface area (Å²) in [5, 5.41) is 3.48. The molecule has 0 aromatic heterocycles. The molecule has 0 radical (unpaired) electrons. The minimum absolute atomic E-state index is 0.443. The molecule has 0 bridgehead atoms. The van der Waals surface area contributed by atoms with Crippen molar-refractivity contribution < 1.29 is 9.47 Å². The normalized spacial score (nSPS) is 22.0. The summed E-state index contributed by atoms with van der Waals surface area (Å²) in [7, 11) is 1.70. The molecule has 1 saturated heterocycles. The summed E-state index contributed by atoms with van der Waals surface area (Å²) in [6.45, 7) is 13.1. The molecule has 0 aromatic carbocycles. The molecule has 1 N–H and O–H groups in total. The van der Waals surface area contributed by atoms with Gasteiger partial charge in [-0.2, -0.15) is 0 Å². The number of guanidine groups is 1. The number of piperidine rings is 1. The zero-order valence-electron chi connectivity index (χ0n) is 16.4. The highest BCUT2D eigenvalue weighted by atomic mass is 16.5. The van der Waals surface area contributed by atoms with Gasteiger partial charge in [-0.15, -0.1) is 0 Å². The quantitative estimate of drug-likeness (QED) is 0.356. The molecule has 1 heterocycles. The molecule has 1 aliphatic heterocycles. The van der Waals surface area contributed by atoms with E-state index in [2.05, 4.69) is 31.0 Å². The summed E-state index contributed by atoms with van der Waals surface area (Å²) in [6, 6.07) is 0. The van der Waals surface area contributed by atoms with Crippen molar-refractivity contribution in [3.63, 3.8) is 0 Å². The fourth-order valence-electron chi connectivity index (χ4n) is 3.48. The minimum atomic E-state index is 0.443. The molecule has 1 rings (SSSR count). The zero-order valence-corrected chi connectivity index (χ0v) is 16.4. The van der Waals surface area contributed by atoms with Crippen molar-refractivity contribution in [2.24, 2.45) is 10.4 Å². The Hall–Kier alpha value is -0.810. The second-order valence-corrected chi connectivity index (χ2v) is 7.13. The van der Waals surface area contributed by atoms with E-state index in [0.717, 1.165) is 51.6 Å². The minimum Gasteiger partial charge on any atom is -0.382 e. The van der Waals surface area contributed by atoms with Gasteiger partial charge in [0.1, 0.15) is 0 Å². The molecule has 0 aliphatic carbocycles. The maximum absolute atomic E-state index is 5.50. The number of hydrogen-bond donors (Lipinski definition) is 1. The van der Waals surface area contributed by atoms with Gasteiger partial charge in [0.15, 0.2) is 5.96 Å². The fraction of sp³-hybridized carbons (Fsp3) is 0.947. The van der Waals surface area contributed by atoms with E-state index in [1.807, 2.05) is 0 Å². The first kappa shape index (κ1) is 21.2. The fourth-order valence-corrected chi connectivity index (χ4v) is 3.48. The van der Waals surface area contributed by atoms with E-state index in [9.17, 15) is 0 Å². The van der Waals surface area contributed by atoms with Gasteiger partial charge < -0.3 is 19.7 Å². The number of aliphatic imine (C=N–C) groups is 1. The van der Waals surface area contributed by atoms with Gasteiger partial charge in [0.25, 0.3) is 0 Å². The third-order valence-electron chi connectivity index (χ3n) is 4.66. The Bertz CT molecular complexity index is 346. The lowest BCUT2D eigenvalue weighted by molar-refractivity contribution is 0.0690. The van der Waals surface area contributed by atoms with E-state index >= 15 is 0 Å². The molecule has 0 saturated carbocycles. The lowest BCUT2D eigenvalue weighted by Gasteiger charge is -2.42. The van der Waals surface area contributed by atoms with Crippen LogP contribution in [0.15, 0.2) is 4.99 Å². The lowest BCUT2D eigenvalue weighted by Crippen LogP contribution is -2.49. The first-order valence-corrected chi connectivity index (χ1v) is 9.75. The van der Waals surface area contributed by atoms with Crippen LogP contribution in [0, 0.1) is 5.41 Å². The average molecular weight is 342 g/mol. The number of methoxy groups -OCH3 is 1. The van der Waals surface area contributed by atoms with Crippen molar-refractivity contribution in [1.82, 2.24) is 10.2 Å². The Balaban J connectivity index is 2.38. The second kappa shape index (κ2) is 12.5. The van der Waals surface area contributed by atoms with Crippen LogP contribution in [0.1, 0.15) is 59.3 Å². The summed E-state index contributed by atoms with van der Waals surface area (Å²) in [4.78, 5) is 7.32. The standard InChI is InChI=1S/C19H39N3O2/c1-5-10-19(3)11-9-13-22(17-19)18(20-6-2)21-12-7-8-14-24-16-15-23-4/h5-17H2,1-4H3,(H,20,21). The van der Waals surface area contributed by atoms with Crippen LogP contribution in [0.4, 0.5) is 0 Å². The van der Waals surface area contributed by atoms with Crippen LogP contribution in [-0.2, 0) is 9.47 Å². The smallest absolute Gasteiger partial charge is 0.193 e. The van der Waals surface area contributed by atoms with E-state index < -0.39 is 0 Å². The number of nitrogens with one attached hydrogen (secondary N) is 1. The van der Waals surface area contributed by atoms with Crippen LogP contribution in [0.25, 0.3) is 0 Å². The Morgan fingerprint density at radius 3 is 2.75 bits per heavy atom. The van der Waals surface area contributed by atoms with Gasteiger partial charge >= 0.3 is 0 Å². The molecule has 1 unspecified atom stereocenters. The van der Waals surface area contributed by atoms with E-state index in [1.54, 1.807) is 7.11 Å². The molecule has 0 amide bonds. The Morgan fingerprint density at radius 1 is 1.21 bits per heavy atom. The monoisotopic (exact) mass is 341 g/mol. The van der Waals surface area contributed by atoms with Gasteiger partial charge in [0.05, 0.1) is 13.2 Å². The van der Waals surface area contributed by atoms with Crippen LogP contribution in [0.3, 0.4) is 0 Å². The molecule has 5 heteroatoms. The van der Waals surface area contributed by atoms with Crippen LogP contribution in [-0.4, -0.2) is 64.0 Å². The van der Waals surface area contributed by atoms with Crippen molar-refractivity contribution in [1.29, 1.82) is 0 Å². The molecule has 142 valence electrons. The van der Waals surface area contributed by atoms with Gasteiger partial charge in [0.2, 0.25) is 0 Å². The summed E-state index contributed by atoms with van der Waals surface area (Å²) in [5.74, 6) is 1.10. The van der Waals surface area contributed by atoms with Crippen molar-refractivity contribution in [3.8, 4) is 0 Å². The average Bonchev–Trinajstić information content (AvgIpc) is 2.56. The van der Waals surface area contributed by atoms with E-state index in [-0.39, 0.29) is 0 Å². The van der Waals surface area contributed by atoms with Crippen LogP contribution in [0.2, 0.25) is 0 Å². The molecule has 1 atom stereocenters. The number of rotatable bonds is 11. The highest BCUT2D eigenvalue weighted by Crippen LogP contribution is 2.33. The number of likely N-dealkylation sites (tertiary alicyclic amines) is 1. The third-order valence-corrected chi connectivity index (χ3v) is 4.66. The van der Waals surface area contributed by atoms with Gasteiger partial charge in [-0.3, -0.25) is 4.99 Å². The molecule has 24 heavy (non-hydrogen) atoms. The van der Waals surface area contributed by atoms with Crippen LogP contribution >= 0.6 is 0 Å². The van der Waals surface area contributed by atoms with Gasteiger partial charge in [-0.1, -0.05) is 20.3 Å². The molecule has 1 aliphatic rings. The van der Waals surface area contributed by atoms with Gasteiger partial charge in [-0.25, -0.2) is 0 Å². The predicted octanol–water partition coefficient (Wildman–Crippen LogP) is 3.30. The first-order chi connectivity index (χ1) is 11.6. The van der Waals surface area contributed by atoms with E-state index in [4.69, 9.17) is 14.5 Å². The van der Waals surface area contributed by atoms with Crippen molar-refractivity contribution >= 4 is 5.96 Å². The van der Waals surface area contributed by atoms with E-state index in [1.165, 1.54) is 25.7 Å². The highest BCUT2D eigenvalue weighted by molar-refractivity contribution is 5.80. The number of ether oxygens (including phenoxy) is 2. The number of nitrogens with zero attached hydrogens (tertiary/aromatic N) is 2. The lowest BCUT2D eigenvalue weighted by atomic mass is 9.78. The maximum Gasteiger partial charge on any atom is 0.193 e. The Labute approximate surface area is 149 Å². The third kappa shape index (κ3) is 8.34.